The van der Waals surface area contributed by atoms with Crippen LogP contribution in [0, 0.1) is 24.2 Å². The van der Waals surface area contributed by atoms with E-state index in [-0.39, 0.29) is 17.9 Å². The van der Waals surface area contributed by atoms with Crippen LogP contribution >= 0.6 is 0 Å². The second-order valence-corrected chi connectivity index (χ2v) is 10.3. The number of nitrogens with one attached hydrogen (secondary N) is 1. The molecule has 0 bridgehead atoms. The van der Waals surface area contributed by atoms with Gasteiger partial charge in [0.25, 0.3) is 5.91 Å². The number of hydrogen-bond acceptors (Lipinski definition) is 10. The number of amides is 1. The Morgan fingerprint density at radius 3 is 2.41 bits per heavy atom. The number of esters is 4. The maximum Gasteiger partial charge on any atom is 0.332 e. The van der Waals surface area contributed by atoms with Gasteiger partial charge in [0, 0.05) is 6.20 Å². The minimum atomic E-state index is -1.38. The van der Waals surface area contributed by atoms with E-state index in [9.17, 15) is 24.0 Å². The van der Waals surface area contributed by atoms with Crippen LogP contribution in [0.25, 0.3) is 0 Å². The molecule has 0 saturated carbocycles. The van der Waals surface area contributed by atoms with Crippen molar-refractivity contribution in [3.8, 4) is 5.75 Å². The van der Waals surface area contributed by atoms with Gasteiger partial charge in [-0.15, -0.1) is 0 Å². The van der Waals surface area contributed by atoms with Crippen LogP contribution in [0.4, 0.5) is 0 Å². The molecular weight excluding hydrogens is 484 g/mol. The lowest BCUT2D eigenvalue weighted by Gasteiger charge is -2.29. The second kappa shape index (κ2) is 12.2. The van der Waals surface area contributed by atoms with Gasteiger partial charge in [0.05, 0.1) is 17.3 Å². The third-order valence-electron chi connectivity index (χ3n) is 5.73. The Kier molecular flexibility index (Phi) is 9.77. The number of nitrogens with zero attached hydrogens (tertiary/aromatic N) is 1. The summed E-state index contributed by atoms with van der Waals surface area (Å²) in [4.78, 5) is 67.6. The summed E-state index contributed by atoms with van der Waals surface area (Å²) in [5, 5.41) is 2.46. The van der Waals surface area contributed by atoms with E-state index in [1.807, 2.05) is 0 Å². The van der Waals surface area contributed by atoms with E-state index < -0.39 is 71.9 Å². The maximum atomic E-state index is 13.1. The van der Waals surface area contributed by atoms with Gasteiger partial charge in [0.2, 0.25) is 0 Å². The SMILES string of the molecule is CCC1C(=O)OCC(NC(=O)c2nccc(C)c2OC(=O)C(C)(C)C)C(=O)OC(C)C1OC(=O)C(C)C. The molecule has 2 heterocycles. The predicted molar refractivity (Wildman–Crippen MR) is 130 cm³/mol. The van der Waals surface area contributed by atoms with Gasteiger partial charge in [-0.05, 0) is 52.7 Å². The third kappa shape index (κ3) is 7.50. The molecule has 1 aliphatic heterocycles. The van der Waals surface area contributed by atoms with Crippen molar-refractivity contribution in [2.75, 3.05) is 6.61 Å². The Morgan fingerprint density at radius 1 is 1.19 bits per heavy atom. The number of hydrogen-bond donors (Lipinski definition) is 1. The van der Waals surface area contributed by atoms with Crippen molar-refractivity contribution in [3.05, 3.63) is 23.5 Å². The van der Waals surface area contributed by atoms with Crippen LogP contribution in [0.2, 0.25) is 0 Å². The molecule has 4 unspecified atom stereocenters. The Balaban J connectivity index is 2.30. The summed E-state index contributed by atoms with van der Waals surface area (Å²) in [6, 6.07) is 0.188. The Hall–Kier alpha value is -3.50. The fourth-order valence-corrected chi connectivity index (χ4v) is 3.39. The lowest BCUT2D eigenvalue weighted by Crippen LogP contribution is -2.47. The van der Waals surface area contributed by atoms with Gasteiger partial charge >= 0.3 is 23.9 Å². The summed E-state index contributed by atoms with van der Waals surface area (Å²) < 4.78 is 21.8. The molecule has 11 nitrogen and oxygen atoms in total. The zero-order valence-electron chi connectivity index (χ0n) is 22.6. The number of carbonyl (C=O) groups excluding carboxylic acids is 5. The number of pyridine rings is 1. The monoisotopic (exact) mass is 520 g/mol. The van der Waals surface area contributed by atoms with Gasteiger partial charge < -0.3 is 24.3 Å². The zero-order chi connectivity index (χ0) is 28.1. The van der Waals surface area contributed by atoms with Crippen LogP contribution in [0.3, 0.4) is 0 Å². The van der Waals surface area contributed by atoms with Gasteiger partial charge in [-0.1, -0.05) is 20.8 Å². The normalized spacial score (nSPS) is 22.6. The first kappa shape index (κ1) is 29.7. The highest BCUT2D eigenvalue weighted by atomic mass is 16.6. The lowest BCUT2D eigenvalue weighted by molar-refractivity contribution is -0.176. The quantitative estimate of drug-likeness (QED) is 0.438. The minimum absolute atomic E-state index is 0.0477. The minimum Gasteiger partial charge on any atom is -0.463 e. The molecule has 0 radical (unpaired) electrons. The molecule has 1 aromatic rings. The van der Waals surface area contributed by atoms with E-state index in [4.69, 9.17) is 18.9 Å². The van der Waals surface area contributed by atoms with Crippen molar-refractivity contribution in [3.63, 3.8) is 0 Å². The van der Waals surface area contributed by atoms with Crippen molar-refractivity contribution in [1.82, 2.24) is 10.3 Å². The van der Waals surface area contributed by atoms with Crippen molar-refractivity contribution < 1.29 is 42.9 Å². The van der Waals surface area contributed by atoms with Crippen molar-refractivity contribution in [2.45, 2.75) is 80.1 Å². The van der Waals surface area contributed by atoms with Crippen molar-refractivity contribution in [2.24, 2.45) is 17.3 Å². The van der Waals surface area contributed by atoms with Gasteiger partial charge in [-0.25, -0.2) is 9.78 Å². The smallest absolute Gasteiger partial charge is 0.332 e. The molecule has 4 atom stereocenters. The molecule has 0 spiro atoms. The molecule has 1 aromatic heterocycles. The van der Waals surface area contributed by atoms with E-state index in [0.717, 1.165) is 0 Å². The molecule has 1 saturated heterocycles. The van der Waals surface area contributed by atoms with Crippen molar-refractivity contribution in [1.29, 1.82) is 0 Å². The maximum absolute atomic E-state index is 13.1. The van der Waals surface area contributed by atoms with Crippen LogP contribution in [0.1, 0.15) is 70.9 Å². The third-order valence-corrected chi connectivity index (χ3v) is 5.73. The molecule has 11 heteroatoms. The fraction of sp³-hybridized carbons (Fsp3) is 0.615. The Labute approximate surface area is 216 Å². The van der Waals surface area contributed by atoms with Gasteiger partial charge in [0.15, 0.2) is 23.6 Å². The number of cyclic esters (lactones) is 2. The van der Waals surface area contributed by atoms with Crippen LogP contribution in [-0.2, 0) is 33.4 Å². The van der Waals surface area contributed by atoms with Gasteiger partial charge in [-0.3, -0.25) is 19.2 Å². The molecule has 37 heavy (non-hydrogen) atoms. The molecule has 0 aromatic carbocycles. The Bertz CT molecular complexity index is 1040. The van der Waals surface area contributed by atoms with E-state index in [0.29, 0.717) is 5.56 Å². The van der Waals surface area contributed by atoms with E-state index in [1.165, 1.54) is 13.1 Å². The summed E-state index contributed by atoms with van der Waals surface area (Å²) in [5.41, 5.74) is -0.580. The largest absolute Gasteiger partial charge is 0.463 e. The first-order chi connectivity index (χ1) is 17.2. The average molecular weight is 521 g/mol. The molecule has 0 aliphatic carbocycles. The van der Waals surface area contributed by atoms with E-state index >= 15 is 0 Å². The highest BCUT2D eigenvalue weighted by molar-refractivity contribution is 5.98. The van der Waals surface area contributed by atoms with Crippen LogP contribution in [0.15, 0.2) is 12.3 Å². The molecule has 1 N–H and O–H groups in total. The summed E-state index contributed by atoms with van der Waals surface area (Å²) >= 11 is 0. The topological polar surface area (TPSA) is 147 Å². The number of aryl methyl sites for hydroxylation is 1. The van der Waals surface area contributed by atoms with Crippen LogP contribution in [-0.4, -0.2) is 59.6 Å². The van der Waals surface area contributed by atoms with Crippen LogP contribution < -0.4 is 10.1 Å². The summed E-state index contributed by atoms with van der Waals surface area (Å²) in [7, 11) is 0. The molecular formula is C26H36N2O9. The summed E-state index contributed by atoms with van der Waals surface area (Å²) in [6.07, 6.45) is -0.427. The standard InChI is InChI=1S/C26H36N2O9/c1-9-16-20(36-22(30)13(2)3)15(5)35-24(32)17(12-34-23(16)31)28-21(29)18-19(14(4)10-11-27-18)37-25(33)26(6,7)8/h10-11,13,15-17,20H,9,12H2,1-8H3,(H,28,29). The van der Waals surface area contributed by atoms with Gasteiger partial charge in [-0.2, -0.15) is 0 Å². The summed E-state index contributed by atoms with van der Waals surface area (Å²) in [5.74, 6) is -4.92. The molecule has 204 valence electrons. The number of ether oxygens (including phenoxy) is 4. The first-order valence-corrected chi connectivity index (χ1v) is 12.2. The molecule has 1 fully saturated rings. The first-order valence-electron chi connectivity index (χ1n) is 12.2. The van der Waals surface area contributed by atoms with Gasteiger partial charge in [0.1, 0.15) is 12.7 Å². The molecule has 1 amide bonds. The lowest BCUT2D eigenvalue weighted by atomic mass is 9.95. The fourth-order valence-electron chi connectivity index (χ4n) is 3.39. The van der Waals surface area contributed by atoms with Crippen LogP contribution in [0.5, 0.6) is 5.75 Å². The molecule has 1 aliphatic rings. The number of aromatic nitrogens is 1. The van der Waals surface area contributed by atoms with Crippen molar-refractivity contribution >= 4 is 29.8 Å². The summed E-state index contributed by atoms with van der Waals surface area (Å²) in [6.45, 7) is 12.6. The zero-order valence-corrected chi connectivity index (χ0v) is 22.6. The highest BCUT2D eigenvalue weighted by Gasteiger charge is 2.41. The number of rotatable bonds is 6. The predicted octanol–water partition coefficient (Wildman–Crippen LogP) is 2.52. The number of carbonyl (C=O) groups is 5. The average Bonchev–Trinajstić information content (AvgIpc) is 2.84. The second-order valence-electron chi connectivity index (χ2n) is 10.3. The Morgan fingerprint density at radius 2 is 1.84 bits per heavy atom. The molecule has 2 rings (SSSR count). The van der Waals surface area contributed by atoms with E-state index in [1.54, 1.807) is 54.5 Å². The highest BCUT2D eigenvalue weighted by Crippen LogP contribution is 2.26. The van der Waals surface area contributed by atoms with E-state index in [2.05, 4.69) is 10.3 Å².